The van der Waals surface area contributed by atoms with Crippen molar-refractivity contribution in [3.63, 3.8) is 0 Å². The molecule has 1 fully saturated rings. The Morgan fingerprint density at radius 3 is 2.88 bits per heavy atom. The highest BCUT2D eigenvalue weighted by Gasteiger charge is 2.44. The number of carbonyl (C=O) groups excluding carboxylic acids is 3. The molecule has 0 spiro atoms. The molecule has 0 aromatic rings. The van der Waals surface area contributed by atoms with Crippen molar-refractivity contribution >= 4 is 18.2 Å². The lowest BCUT2D eigenvalue weighted by Gasteiger charge is -2.28. The first-order valence-corrected chi connectivity index (χ1v) is 8.79. The van der Waals surface area contributed by atoms with E-state index >= 15 is 0 Å². The van der Waals surface area contributed by atoms with Crippen molar-refractivity contribution in [3.05, 3.63) is 35.5 Å². The highest BCUT2D eigenvalue weighted by molar-refractivity contribution is 5.91. The van der Waals surface area contributed by atoms with Crippen LogP contribution in [0, 0.1) is 11.8 Å². The van der Waals surface area contributed by atoms with Gasteiger partial charge in [-0.3, -0.25) is 9.59 Å². The van der Waals surface area contributed by atoms with E-state index < -0.39 is 24.1 Å². The molecule has 1 heterocycles. The zero-order valence-corrected chi connectivity index (χ0v) is 15.1. The van der Waals surface area contributed by atoms with Crippen LogP contribution in [0.1, 0.15) is 46.5 Å². The average molecular weight is 346 g/mol. The number of esters is 2. The minimum absolute atomic E-state index is 0.249. The van der Waals surface area contributed by atoms with E-state index in [-0.39, 0.29) is 18.3 Å². The summed E-state index contributed by atoms with van der Waals surface area (Å²) in [6.07, 6.45) is 5.82. The summed E-state index contributed by atoms with van der Waals surface area (Å²) in [5.41, 5.74) is 1.93. The standard InChI is InChI=1S/C20H26O5/c1-5-13(3)19(22)24-17-10-15(11-21)8-6-7-12(2)9-16-18(17)14(4)20(23)25-16/h8-9,11,13,16-18H,4-7,10H2,1-3H3/b12-9-,15-8+/t13-,16+,17-,18+/m1/s1. The largest absolute Gasteiger partial charge is 0.461 e. The van der Waals surface area contributed by atoms with Crippen LogP contribution in [0.4, 0.5) is 0 Å². The van der Waals surface area contributed by atoms with Gasteiger partial charge in [-0.2, -0.15) is 0 Å². The fraction of sp³-hybridized carbons (Fsp3) is 0.550. The molecule has 136 valence electrons. The van der Waals surface area contributed by atoms with Crippen LogP contribution in [0.2, 0.25) is 0 Å². The summed E-state index contributed by atoms with van der Waals surface area (Å²) in [7, 11) is 0. The van der Waals surface area contributed by atoms with Crippen LogP contribution in [0.3, 0.4) is 0 Å². The second kappa shape index (κ2) is 8.28. The lowest BCUT2D eigenvalue weighted by atomic mass is 9.85. The Balaban J connectivity index is 2.39. The normalized spacial score (nSPS) is 32.4. The van der Waals surface area contributed by atoms with E-state index in [9.17, 15) is 14.4 Å². The van der Waals surface area contributed by atoms with Gasteiger partial charge in [-0.1, -0.05) is 32.1 Å². The third-order valence-corrected chi connectivity index (χ3v) is 4.93. The maximum atomic E-state index is 12.3. The second-order valence-corrected chi connectivity index (χ2v) is 6.86. The fourth-order valence-corrected chi connectivity index (χ4v) is 3.12. The summed E-state index contributed by atoms with van der Waals surface area (Å²) in [4.78, 5) is 35.8. The monoisotopic (exact) mass is 346 g/mol. The van der Waals surface area contributed by atoms with Crippen molar-refractivity contribution in [1.29, 1.82) is 0 Å². The van der Waals surface area contributed by atoms with Crippen molar-refractivity contribution in [3.8, 4) is 0 Å². The number of fused-ring (bicyclic) bond motifs is 1. The number of ether oxygens (including phenoxy) is 2. The summed E-state index contributed by atoms with van der Waals surface area (Å²) in [6.45, 7) is 9.51. The maximum Gasteiger partial charge on any atom is 0.334 e. The van der Waals surface area contributed by atoms with E-state index in [1.807, 2.05) is 26.0 Å². The molecule has 0 N–H and O–H groups in total. The molecule has 5 heteroatoms. The Labute approximate surface area is 148 Å². The van der Waals surface area contributed by atoms with Crippen LogP contribution >= 0.6 is 0 Å². The van der Waals surface area contributed by atoms with Gasteiger partial charge in [-0.15, -0.1) is 0 Å². The minimum Gasteiger partial charge on any atom is -0.461 e. The van der Waals surface area contributed by atoms with Crippen LogP contribution in [0.25, 0.3) is 0 Å². The molecular weight excluding hydrogens is 320 g/mol. The van der Waals surface area contributed by atoms with Crippen molar-refractivity contribution in [2.24, 2.45) is 11.8 Å². The highest BCUT2D eigenvalue weighted by Crippen LogP contribution is 2.36. The first-order chi connectivity index (χ1) is 11.9. The topological polar surface area (TPSA) is 69.7 Å². The predicted octanol–water partition coefficient (Wildman–Crippen LogP) is 3.30. The lowest BCUT2D eigenvalue weighted by Crippen LogP contribution is -2.35. The smallest absolute Gasteiger partial charge is 0.334 e. The molecule has 0 amide bonds. The molecule has 5 nitrogen and oxygen atoms in total. The number of aldehydes is 1. The highest BCUT2D eigenvalue weighted by atomic mass is 16.6. The van der Waals surface area contributed by atoms with E-state index in [1.54, 1.807) is 6.92 Å². The Kier molecular flexibility index (Phi) is 6.34. The number of rotatable bonds is 4. The van der Waals surface area contributed by atoms with E-state index in [1.165, 1.54) is 0 Å². The maximum absolute atomic E-state index is 12.3. The van der Waals surface area contributed by atoms with Gasteiger partial charge in [0.15, 0.2) is 0 Å². The van der Waals surface area contributed by atoms with E-state index in [0.717, 1.165) is 18.3 Å². The van der Waals surface area contributed by atoms with Gasteiger partial charge in [0.1, 0.15) is 18.5 Å². The van der Waals surface area contributed by atoms with E-state index in [2.05, 4.69) is 6.58 Å². The number of hydrogen-bond donors (Lipinski definition) is 0. The molecule has 0 bridgehead atoms. The quantitative estimate of drug-likeness (QED) is 0.338. The zero-order chi connectivity index (χ0) is 18.6. The molecule has 1 aliphatic heterocycles. The first kappa shape index (κ1) is 19.2. The zero-order valence-electron chi connectivity index (χ0n) is 15.1. The van der Waals surface area contributed by atoms with E-state index in [0.29, 0.717) is 24.0 Å². The van der Waals surface area contributed by atoms with Crippen molar-refractivity contribution in [1.82, 2.24) is 0 Å². The summed E-state index contributed by atoms with van der Waals surface area (Å²) in [5, 5.41) is 0. The van der Waals surface area contributed by atoms with Gasteiger partial charge >= 0.3 is 11.9 Å². The number of allylic oxidation sites excluding steroid dienone is 2. The molecule has 0 unspecified atom stereocenters. The fourth-order valence-electron chi connectivity index (χ4n) is 3.12. The Bertz CT molecular complexity index is 628. The average Bonchev–Trinajstić information content (AvgIpc) is 2.85. The summed E-state index contributed by atoms with van der Waals surface area (Å²) in [6, 6.07) is 0. The Morgan fingerprint density at radius 1 is 1.52 bits per heavy atom. The third kappa shape index (κ3) is 4.47. The van der Waals surface area contributed by atoms with Crippen LogP contribution in [-0.2, 0) is 23.9 Å². The van der Waals surface area contributed by atoms with Gasteiger partial charge in [0.25, 0.3) is 0 Å². The number of carbonyl (C=O) groups is 3. The van der Waals surface area contributed by atoms with Crippen LogP contribution in [0.15, 0.2) is 35.5 Å². The van der Waals surface area contributed by atoms with Crippen molar-refractivity contribution < 1.29 is 23.9 Å². The number of hydrogen-bond acceptors (Lipinski definition) is 5. The van der Waals surface area contributed by atoms with Gasteiger partial charge in [0.05, 0.1) is 11.8 Å². The molecule has 4 atom stereocenters. The van der Waals surface area contributed by atoms with Gasteiger partial charge < -0.3 is 9.47 Å². The molecule has 2 rings (SSSR count). The second-order valence-electron chi connectivity index (χ2n) is 6.86. The van der Waals surface area contributed by atoms with Crippen LogP contribution in [-0.4, -0.2) is 30.4 Å². The Hall–Kier alpha value is -2.17. The molecule has 25 heavy (non-hydrogen) atoms. The summed E-state index contributed by atoms with van der Waals surface area (Å²) >= 11 is 0. The van der Waals surface area contributed by atoms with Crippen molar-refractivity contribution in [2.75, 3.05) is 0 Å². The molecule has 1 saturated heterocycles. The molecule has 0 aromatic heterocycles. The van der Waals surface area contributed by atoms with Gasteiger partial charge in [0.2, 0.25) is 0 Å². The first-order valence-electron chi connectivity index (χ1n) is 8.79. The van der Waals surface area contributed by atoms with Gasteiger partial charge in [0, 0.05) is 12.0 Å². The van der Waals surface area contributed by atoms with E-state index in [4.69, 9.17) is 9.47 Å². The molecule has 0 aromatic carbocycles. The third-order valence-electron chi connectivity index (χ3n) is 4.93. The molecule has 1 aliphatic carbocycles. The molecular formula is C20H26O5. The van der Waals surface area contributed by atoms with Crippen LogP contribution < -0.4 is 0 Å². The van der Waals surface area contributed by atoms with Gasteiger partial charge in [-0.05, 0) is 37.8 Å². The minimum atomic E-state index is -0.649. The Morgan fingerprint density at radius 2 is 2.24 bits per heavy atom. The molecule has 0 radical (unpaired) electrons. The van der Waals surface area contributed by atoms with Crippen LogP contribution in [0.5, 0.6) is 0 Å². The van der Waals surface area contributed by atoms with Crippen molar-refractivity contribution in [2.45, 2.75) is 58.7 Å². The van der Waals surface area contributed by atoms with Gasteiger partial charge in [-0.25, -0.2) is 4.79 Å². The molecule has 2 aliphatic rings. The lowest BCUT2D eigenvalue weighted by molar-refractivity contribution is -0.156. The summed E-state index contributed by atoms with van der Waals surface area (Å²) < 4.78 is 11.1. The SMILES string of the molecule is C=C1C(=O)O[C@H]2/C=C(/C)CC/C=C(/C=O)C[C@@H](OC(=O)[C@H](C)CC)[C@@H]12. The summed E-state index contributed by atoms with van der Waals surface area (Å²) in [5.74, 6) is -1.53. The predicted molar refractivity (Wildman–Crippen MR) is 93.6 cm³/mol. The molecule has 0 saturated carbocycles.